The molecule has 0 N–H and O–H groups in total. The Bertz CT molecular complexity index is 251. The van der Waals surface area contributed by atoms with Gasteiger partial charge in [0, 0.05) is 6.42 Å². The molecule has 0 atom stereocenters. The van der Waals surface area contributed by atoms with Crippen LogP contribution in [0.25, 0.3) is 0 Å². The third-order valence-corrected chi connectivity index (χ3v) is 1.46. The average molecular weight is 167 g/mol. The van der Waals surface area contributed by atoms with Gasteiger partial charge in [0.2, 0.25) is 0 Å². The predicted molar refractivity (Wildman–Crippen MR) is 46.7 cm³/mol. The van der Waals surface area contributed by atoms with E-state index in [-0.39, 0.29) is 5.97 Å². The van der Waals surface area contributed by atoms with Crippen LogP contribution in [0.4, 0.5) is 0 Å². The van der Waals surface area contributed by atoms with Crippen molar-refractivity contribution in [3.63, 3.8) is 0 Å². The lowest BCUT2D eigenvalue weighted by atomic mass is 10.2. The van der Waals surface area contributed by atoms with E-state index in [1.807, 2.05) is 26.8 Å². The number of nitrogens with zero attached hydrogens (tertiary/aromatic N) is 1. The lowest BCUT2D eigenvalue weighted by molar-refractivity contribution is -0.130. The number of rotatable bonds is 2. The third kappa shape index (κ3) is 1.94. The summed E-state index contributed by atoms with van der Waals surface area (Å²) in [5.74, 6) is 0.528. The molecule has 1 aliphatic heterocycles. The highest BCUT2D eigenvalue weighted by Gasteiger charge is 2.21. The second-order valence-electron chi connectivity index (χ2n) is 3.04. The van der Waals surface area contributed by atoms with E-state index in [9.17, 15) is 4.79 Å². The first-order valence-electron chi connectivity index (χ1n) is 4.15. The van der Waals surface area contributed by atoms with Crippen molar-refractivity contribution < 1.29 is 9.53 Å². The second kappa shape index (κ2) is 3.52. The first-order valence-corrected chi connectivity index (χ1v) is 4.15. The summed E-state index contributed by atoms with van der Waals surface area (Å²) in [6.45, 7) is 5.91. The molecule has 0 unspecified atom stereocenters. The van der Waals surface area contributed by atoms with Gasteiger partial charge in [0.05, 0.1) is 0 Å². The zero-order valence-electron chi connectivity index (χ0n) is 7.63. The molecule has 1 rings (SSSR count). The van der Waals surface area contributed by atoms with Gasteiger partial charge in [-0.15, -0.1) is 0 Å². The van der Waals surface area contributed by atoms with Gasteiger partial charge in [0.25, 0.3) is 0 Å². The number of ether oxygens (including phenoxy) is 1. The topological polar surface area (TPSA) is 38.7 Å². The molecule has 3 nitrogen and oxygen atoms in total. The van der Waals surface area contributed by atoms with Gasteiger partial charge in [-0.3, -0.25) is 0 Å². The molecular weight excluding hydrogens is 154 g/mol. The Hall–Kier alpha value is -1.12. The number of allylic oxidation sites excluding steroid dienone is 1. The molecule has 3 heteroatoms. The fourth-order valence-electron chi connectivity index (χ4n) is 0.934. The quantitative estimate of drug-likeness (QED) is 0.465. The maximum absolute atomic E-state index is 11.1. The van der Waals surface area contributed by atoms with E-state index in [2.05, 4.69) is 4.99 Å². The SMILES string of the molecule is CCC1=N/C(=C/C(C)C)C(=O)O1. The molecule has 0 fully saturated rings. The minimum Gasteiger partial charge on any atom is -0.407 e. The molecule has 1 heterocycles. The fourth-order valence-corrected chi connectivity index (χ4v) is 0.934. The molecule has 0 spiro atoms. The van der Waals surface area contributed by atoms with Crippen molar-refractivity contribution in [2.75, 3.05) is 0 Å². The first kappa shape index (κ1) is 8.97. The van der Waals surface area contributed by atoms with Crippen LogP contribution in [0.5, 0.6) is 0 Å². The van der Waals surface area contributed by atoms with Crippen molar-refractivity contribution in [2.24, 2.45) is 10.9 Å². The normalized spacial score (nSPS) is 20.2. The van der Waals surface area contributed by atoms with Gasteiger partial charge < -0.3 is 4.74 Å². The van der Waals surface area contributed by atoms with Crippen LogP contribution in [-0.2, 0) is 9.53 Å². The van der Waals surface area contributed by atoms with Crippen molar-refractivity contribution in [2.45, 2.75) is 27.2 Å². The predicted octanol–water partition coefficient (Wildman–Crippen LogP) is 1.89. The highest BCUT2D eigenvalue weighted by atomic mass is 16.6. The third-order valence-electron chi connectivity index (χ3n) is 1.46. The first-order chi connectivity index (χ1) is 5.63. The minimum absolute atomic E-state index is 0.319. The second-order valence-corrected chi connectivity index (χ2v) is 3.04. The van der Waals surface area contributed by atoms with Gasteiger partial charge in [-0.05, 0) is 12.0 Å². The Morgan fingerprint density at radius 1 is 1.58 bits per heavy atom. The number of carbonyl (C=O) groups is 1. The Balaban J connectivity index is 2.79. The van der Waals surface area contributed by atoms with Crippen molar-refractivity contribution in [1.29, 1.82) is 0 Å². The lowest BCUT2D eigenvalue weighted by Gasteiger charge is -1.93. The van der Waals surface area contributed by atoms with E-state index in [4.69, 9.17) is 4.74 Å². The smallest absolute Gasteiger partial charge is 0.363 e. The van der Waals surface area contributed by atoms with Crippen LogP contribution in [0.1, 0.15) is 27.2 Å². The van der Waals surface area contributed by atoms with Crippen molar-refractivity contribution >= 4 is 11.9 Å². The van der Waals surface area contributed by atoms with Gasteiger partial charge in [0.15, 0.2) is 5.90 Å². The summed E-state index contributed by atoms with van der Waals surface area (Å²) in [4.78, 5) is 15.1. The molecule has 66 valence electrons. The number of cyclic esters (lactones) is 1. The number of esters is 1. The standard InChI is InChI=1S/C9H13NO2/c1-4-8-10-7(5-6(2)3)9(11)12-8/h5-6H,4H2,1-3H3/b7-5+. The summed E-state index contributed by atoms with van der Waals surface area (Å²) in [5, 5.41) is 0. The van der Waals surface area contributed by atoms with E-state index in [1.54, 1.807) is 0 Å². The highest BCUT2D eigenvalue weighted by Crippen LogP contribution is 2.14. The molecule has 0 aromatic rings. The Morgan fingerprint density at radius 2 is 2.25 bits per heavy atom. The molecule has 0 aromatic carbocycles. The van der Waals surface area contributed by atoms with Gasteiger partial charge >= 0.3 is 5.97 Å². The van der Waals surface area contributed by atoms with Crippen LogP contribution in [-0.4, -0.2) is 11.9 Å². The van der Waals surface area contributed by atoms with Crippen LogP contribution in [0.15, 0.2) is 16.8 Å². The molecule has 0 saturated heterocycles. The summed E-state index contributed by atoms with van der Waals surface area (Å²) in [5.41, 5.74) is 0.446. The molecule has 0 saturated carbocycles. The molecule has 12 heavy (non-hydrogen) atoms. The number of carbonyl (C=O) groups excluding carboxylic acids is 1. The van der Waals surface area contributed by atoms with Gasteiger partial charge in [0.1, 0.15) is 5.70 Å². The monoisotopic (exact) mass is 167 g/mol. The van der Waals surface area contributed by atoms with Crippen LogP contribution in [0.2, 0.25) is 0 Å². The van der Waals surface area contributed by atoms with E-state index < -0.39 is 0 Å². The maximum atomic E-state index is 11.1. The summed E-state index contributed by atoms with van der Waals surface area (Å²) < 4.78 is 4.87. The van der Waals surface area contributed by atoms with Crippen LogP contribution in [0.3, 0.4) is 0 Å². The molecule has 1 aliphatic rings. The molecule has 0 amide bonds. The van der Waals surface area contributed by atoms with Crippen molar-refractivity contribution in [1.82, 2.24) is 0 Å². The van der Waals surface area contributed by atoms with E-state index in [0.29, 0.717) is 23.9 Å². The van der Waals surface area contributed by atoms with Crippen molar-refractivity contribution in [3.8, 4) is 0 Å². The Kier molecular flexibility index (Phi) is 2.63. The molecule has 0 radical (unpaired) electrons. The zero-order valence-corrected chi connectivity index (χ0v) is 7.63. The number of hydrogen-bond donors (Lipinski definition) is 0. The number of hydrogen-bond acceptors (Lipinski definition) is 3. The lowest BCUT2D eigenvalue weighted by Crippen LogP contribution is -2.02. The van der Waals surface area contributed by atoms with Crippen LogP contribution < -0.4 is 0 Å². The largest absolute Gasteiger partial charge is 0.407 e. The summed E-state index contributed by atoms with van der Waals surface area (Å²) in [7, 11) is 0. The van der Waals surface area contributed by atoms with Crippen LogP contribution in [0, 0.1) is 5.92 Å². The summed E-state index contributed by atoms with van der Waals surface area (Å²) in [6.07, 6.45) is 2.48. The van der Waals surface area contributed by atoms with E-state index in [1.165, 1.54) is 0 Å². The Morgan fingerprint density at radius 3 is 2.67 bits per heavy atom. The maximum Gasteiger partial charge on any atom is 0.363 e. The molecule has 0 bridgehead atoms. The van der Waals surface area contributed by atoms with E-state index >= 15 is 0 Å². The molecule has 0 aliphatic carbocycles. The minimum atomic E-state index is -0.319. The average Bonchev–Trinajstić information content (AvgIpc) is 2.31. The van der Waals surface area contributed by atoms with E-state index in [0.717, 1.165) is 0 Å². The van der Waals surface area contributed by atoms with Gasteiger partial charge in [-0.1, -0.05) is 20.8 Å². The molecular formula is C9H13NO2. The fraction of sp³-hybridized carbons (Fsp3) is 0.556. The summed E-state index contributed by atoms with van der Waals surface area (Å²) in [6, 6.07) is 0. The highest BCUT2D eigenvalue weighted by molar-refractivity contribution is 6.04. The van der Waals surface area contributed by atoms with Crippen molar-refractivity contribution in [3.05, 3.63) is 11.8 Å². The number of aliphatic imine (C=N–C) groups is 1. The van der Waals surface area contributed by atoms with Gasteiger partial charge in [-0.25, -0.2) is 9.79 Å². The Labute approximate surface area is 72.1 Å². The summed E-state index contributed by atoms with van der Waals surface area (Å²) >= 11 is 0. The van der Waals surface area contributed by atoms with Gasteiger partial charge in [-0.2, -0.15) is 0 Å². The zero-order chi connectivity index (χ0) is 9.14. The molecule has 0 aromatic heterocycles. The van der Waals surface area contributed by atoms with Crippen LogP contribution >= 0.6 is 0 Å².